The summed E-state index contributed by atoms with van der Waals surface area (Å²) >= 11 is 0. The molecule has 1 heterocycles. The average Bonchev–Trinajstić information content (AvgIpc) is 2.90. The second-order valence-corrected chi connectivity index (χ2v) is 4.66. The molecule has 1 aromatic carbocycles. The van der Waals surface area contributed by atoms with Crippen molar-refractivity contribution in [3.63, 3.8) is 0 Å². The van der Waals surface area contributed by atoms with E-state index in [4.69, 9.17) is 14.9 Å². The minimum atomic E-state index is -0.142. The van der Waals surface area contributed by atoms with E-state index in [0.717, 1.165) is 11.3 Å². The van der Waals surface area contributed by atoms with Crippen LogP contribution in [-0.2, 0) is 0 Å². The molecule has 0 amide bonds. The Hall–Kier alpha value is -1.88. The minimum Gasteiger partial charge on any atom is -0.496 e. The molecule has 1 aromatic heterocycles. The first-order chi connectivity index (χ1) is 9.17. The van der Waals surface area contributed by atoms with Crippen LogP contribution in [0, 0.1) is 0 Å². The summed E-state index contributed by atoms with van der Waals surface area (Å²) in [4.78, 5) is 0. The van der Waals surface area contributed by atoms with Crippen LogP contribution in [0.3, 0.4) is 0 Å². The van der Waals surface area contributed by atoms with E-state index in [1.54, 1.807) is 7.11 Å². The van der Waals surface area contributed by atoms with E-state index in [9.17, 15) is 0 Å². The van der Waals surface area contributed by atoms with Crippen molar-refractivity contribution in [3.05, 3.63) is 41.6 Å². The molecule has 1 unspecified atom stereocenters. The van der Waals surface area contributed by atoms with Crippen LogP contribution in [0.4, 0.5) is 0 Å². The van der Waals surface area contributed by atoms with E-state index in [0.29, 0.717) is 18.3 Å². The number of methoxy groups -OCH3 is 1. The number of rotatable bonds is 5. The number of hydrogen-bond donors (Lipinski definition) is 1. The zero-order valence-corrected chi connectivity index (χ0v) is 11.5. The fourth-order valence-electron chi connectivity index (χ4n) is 1.94. The zero-order chi connectivity index (χ0) is 13.8. The molecule has 0 saturated heterocycles. The van der Waals surface area contributed by atoms with Crippen LogP contribution in [0.5, 0.6) is 5.75 Å². The normalized spacial score (nSPS) is 12.7. The Labute approximate surface area is 112 Å². The van der Waals surface area contributed by atoms with E-state index in [1.165, 1.54) is 0 Å². The molecule has 1 atom stereocenters. The molecule has 0 aliphatic carbocycles. The van der Waals surface area contributed by atoms with Crippen LogP contribution in [-0.4, -0.2) is 23.9 Å². The van der Waals surface area contributed by atoms with Crippen molar-refractivity contribution in [2.45, 2.75) is 25.7 Å². The van der Waals surface area contributed by atoms with E-state index >= 15 is 0 Å². The number of aromatic nitrogens is 2. The third-order valence-corrected chi connectivity index (χ3v) is 3.00. The monoisotopic (exact) mass is 261 g/mol. The van der Waals surface area contributed by atoms with Gasteiger partial charge in [-0.25, -0.2) is 0 Å². The van der Waals surface area contributed by atoms with Crippen LogP contribution in [0.2, 0.25) is 0 Å². The van der Waals surface area contributed by atoms with Gasteiger partial charge in [0.2, 0.25) is 11.8 Å². The summed E-state index contributed by atoms with van der Waals surface area (Å²) < 4.78 is 11.1. The van der Waals surface area contributed by atoms with Gasteiger partial charge in [0.25, 0.3) is 0 Å². The number of nitrogens with zero attached hydrogens (tertiary/aromatic N) is 2. The number of ether oxygens (including phenoxy) is 1. The van der Waals surface area contributed by atoms with Gasteiger partial charge in [0.05, 0.1) is 13.0 Å². The maximum atomic E-state index is 5.86. The highest BCUT2D eigenvalue weighted by Crippen LogP contribution is 2.31. The average molecular weight is 261 g/mol. The van der Waals surface area contributed by atoms with Gasteiger partial charge in [-0.1, -0.05) is 32.0 Å². The van der Waals surface area contributed by atoms with Gasteiger partial charge in [-0.05, 0) is 6.07 Å². The lowest BCUT2D eigenvalue weighted by molar-refractivity contribution is 0.392. The molecule has 19 heavy (non-hydrogen) atoms. The van der Waals surface area contributed by atoms with E-state index in [-0.39, 0.29) is 11.8 Å². The number of benzene rings is 1. The Bertz CT molecular complexity index is 537. The third-order valence-electron chi connectivity index (χ3n) is 3.00. The molecule has 0 saturated carbocycles. The standard InChI is InChI=1S/C14H19N3O2/c1-9(2)13-16-17-14(19-13)11(8-15)10-6-4-5-7-12(10)18-3/h4-7,9,11H,8,15H2,1-3H3. The molecule has 0 bridgehead atoms. The Kier molecular flexibility index (Phi) is 4.16. The molecule has 102 valence electrons. The minimum absolute atomic E-state index is 0.142. The largest absolute Gasteiger partial charge is 0.496 e. The van der Waals surface area contributed by atoms with E-state index < -0.39 is 0 Å². The highest BCUT2D eigenvalue weighted by molar-refractivity contribution is 5.39. The zero-order valence-electron chi connectivity index (χ0n) is 11.5. The molecule has 0 fully saturated rings. The first kappa shape index (κ1) is 13.5. The van der Waals surface area contributed by atoms with Gasteiger partial charge in [-0.3, -0.25) is 0 Å². The number of hydrogen-bond acceptors (Lipinski definition) is 5. The molecule has 0 aliphatic heterocycles. The first-order valence-corrected chi connectivity index (χ1v) is 6.33. The quantitative estimate of drug-likeness (QED) is 0.893. The van der Waals surface area contributed by atoms with Crippen molar-refractivity contribution in [1.82, 2.24) is 10.2 Å². The van der Waals surface area contributed by atoms with Gasteiger partial charge in [0, 0.05) is 18.0 Å². The fourth-order valence-corrected chi connectivity index (χ4v) is 1.94. The molecule has 5 heteroatoms. The maximum Gasteiger partial charge on any atom is 0.225 e. The molecular weight excluding hydrogens is 242 g/mol. The van der Waals surface area contributed by atoms with Crippen molar-refractivity contribution in [3.8, 4) is 5.75 Å². The summed E-state index contributed by atoms with van der Waals surface area (Å²) in [6.45, 7) is 4.41. The SMILES string of the molecule is COc1ccccc1C(CN)c1nnc(C(C)C)o1. The van der Waals surface area contributed by atoms with Gasteiger partial charge < -0.3 is 14.9 Å². The summed E-state index contributed by atoms with van der Waals surface area (Å²) in [6.07, 6.45) is 0. The summed E-state index contributed by atoms with van der Waals surface area (Å²) in [7, 11) is 1.64. The van der Waals surface area contributed by atoms with Crippen LogP contribution < -0.4 is 10.5 Å². The Morgan fingerprint density at radius 1 is 1.21 bits per heavy atom. The maximum absolute atomic E-state index is 5.86. The van der Waals surface area contributed by atoms with E-state index in [1.807, 2.05) is 38.1 Å². The van der Waals surface area contributed by atoms with Gasteiger partial charge >= 0.3 is 0 Å². The van der Waals surface area contributed by atoms with Gasteiger partial charge in [0.15, 0.2) is 0 Å². The molecule has 2 aromatic rings. The molecule has 0 spiro atoms. The lowest BCUT2D eigenvalue weighted by Crippen LogP contribution is -2.15. The highest BCUT2D eigenvalue weighted by Gasteiger charge is 2.23. The van der Waals surface area contributed by atoms with Crippen LogP contribution in [0.25, 0.3) is 0 Å². The first-order valence-electron chi connectivity index (χ1n) is 6.33. The van der Waals surface area contributed by atoms with Crippen molar-refractivity contribution < 1.29 is 9.15 Å². The summed E-state index contributed by atoms with van der Waals surface area (Å²) in [6, 6.07) is 7.73. The van der Waals surface area contributed by atoms with Gasteiger partial charge in [0.1, 0.15) is 5.75 Å². The Balaban J connectivity index is 2.38. The predicted octanol–water partition coefficient (Wildman–Crippen LogP) is 2.29. The molecular formula is C14H19N3O2. The fraction of sp³-hybridized carbons (Fsp3) is 0.429. The van der Waals surface area contributed by atoms with Crippen molar-refractivity contribution in [2.24, 2.45) is 5.73 Å². The van der Waals surface area contributed by atoms with Crippen molar-refractivity contribution in [2.75, 3.05) is 13.7 Å². The van der Waals surface area contributed by atoms with Crippen LogP contribution in [0.15, 0.2) is 28.7 Å². The molecule has 2 rings (SSSR count). The van der Waals surface area contributed by atoms with Crippen molar-refractivity contribution >= 4 is 0 Å². The van der Waals surface area contributed by atoms with E-state index in [2.05, 4.69) is 10.2 Å². The van der Waals surface area contributed by atoms with Gasteiger partial charge in [-0.15, -0.1) is 10.2 Å². The second-order valence-electron chi connectivity index (χ2n) is 4.66. The molecule has 2 N–H and O–H groups in total. The summed E-state index contributed by atoms with van der Waals surface area (Å²) in [5.74, 6) is 2.01. The smallest absolute Gasteiger partial charge is 0.225 e. The number of nitrogens with two attached hydrogens (primary N) is 1. The third kappa shape index (κ3) is 2.76. The molecule has 0 radical (unpaired) electrons. The lowest BCUT2D eigenvalue weighted by atomic mass is 9.98. The molecule has 0 aliphatic rings. The van der Waals surface area contributed by atoms with Gasteiger partial charge in [-0.2, -0.15) is 0 Å². The Morgan fingerprint density at radius 3 is 2.47 bits per heavy atom. The number of para-hydroxylation sites is 1. The molecule has 5 nitrogen and oxygen atoms in total. The second kappa shape index (κ2) is 5.84. The predicted molar refractivity (Wildman–Crippen MR) is 72.3 cm³/mol. The van der Waals surface area contributed by atoms with Crippen molar-refractivity contribution in [1.29, 1.82) is 0 Å². The summed E-state index contributed by atoms with van der Waals surface area (Å²) in [5, 5.41) is 8.16. The van der Waals surface area contributed by atoms with Crippen LogP contribution >= 0.6 is 0 Å². The van der Waals surface area contributed by atoms with Crippen LogP contribution in [0.1, 0.15) is 43.0 Å². The lowest BCUT2D eigenvalue weighted by Gasteiger charge is -2.14. The summed E-state index contributed by atoms with van der Waals surface area (Å²) in [5.41, 5.74) is 6.83. The highest BCUT2D eigenvalue weighted by atomic mass is 16.5. The topological polar surface area (TPSA) is 74.2 Å². The Morgan fingerprint density at radius 2 is 1.89 bits per heavy atom.